The third-order valence-corrected chi connectivity index (χ3v) is 5.78. The van der Waals surface area contributed by atoms with Gasteiger partial charge in [-0.2, -0.15) is 17.9 Å². The first-order chi connectivity index (χ1) is 13.0. The van der Waals surface area contributed by atoms with Crippen molar-refractivity contribution >= 4 is 31.4 Å². The Balaban J connectivity index is 2.13. The van der Waals surface area contributed by atoms with Gasteiger partial charge in [0.05, 0.1) is 5.75 Å². The first kappa shape index (κ1) is 20.3. The third kappa shape index (κ3) is 4.04. The average molecular weight is 481 g/mol. The Morgan fingerprint density at radius 3 is 2.64 bits per heavy atom. The Bertz CT molecular complexity index is 1200. The van der Waals surface area contributed by atoms with Crippen molar-refractivity contribution in [3.8, 4) is 11.6 Å². The standard InChI is InChI=1S/C15H12BrF3N4O4S/c1-2-28(25,26)11-5-9(16)7-20-13(11)23-14(24)22-4-3-10(6-12(22)21-23)27-8-15(17,18)19/h3-7H,2,8H2,1H3. The maximum absolute atomic E-state index is 12.6. The van der Waals surface area contributed by atoms with Crippen LogP contribution in [0, 0.1) is 0 Å². The van der Waals surface area contributed by atoms with Gasteiger partial charge in [0.15, 0.2) is 27.9 Å². The van der Waals surface area contributed by atoms with Crippen LogP contribution in [0.25, 0.3) is 11.5 Å². The molecule has 3 aromatic heterocycles. The number of alkyl halides is 3. The molecule has 0 bridgehead atoms. The smallest absolute Gasteiger partial charge is 0.422 e. The van der Waals surface area contributed by atoms with Gasteiger partial charge in [0.25, 0.3) is 0 Å². The van der Waals surface area contributed by atoms with E-state index in [-0.39, 0.29) is 27.9 Å². The lowest BCUT2D eigenvalue weighted by atomic mass is 10.4. The van der Waals surface area contributed by atoms with Gasteiger partial charge in [0.2, 0.25) is 0 Å². The molecule has 0 saturated carbocycles. The Morgan fingerprint density at radius 2 is 2.00 bits per heavy atom. The van der Waals surface area contributed by atoms with Gasteiger partial charge in [-0.05, 0) is 28.1 Å². The Hall–Kier alpha value is -2.41. The maximum atomic E-state index is 12.6. The van der Waals surface area contributed by atoms with Gasteiger partial charge in [-0.1, -0.05) is 6.92 Å². The topological polar surface area (TPSA) is 95.6 Å². The summed E-state index contributed by atoms with van der Waals surface area (Å²) in [5.74, 6) is -0.584. The molecule has 150 valence electrons. The molecule has 3 rings (SSSR count). The molecule has 0 fully saturated rings. The molecule has 28 heavy (non-hydrogen) atoms. The monoisotopic (exact) mass is 480 g/mol. The molecule has 0 amide bonds. The summed E-state index contributed by atoms with van der Waals surface area (Å²) in [6, 6.07) is 3.61. The summed E-state index contributed by atoms with van der Waals surface area (Å²) in [7, 11) is -3.74. The first-order valence-electron chi connectivity index (χ1n) is 7.71. The normalized spacial score (nSPS) is 12.5. The predicted molar refractivity (Wildman–Crippen MR) is 95.6 cm³/mol. The molecular formula is C15H12BrF3N4O4S. The maximum Gasteiger partial charge on any atom is 0.422 e. The van der Waals surface area contributed by atoms with Crippen LogP contribution in [-0.2, 0) is 9.84 Å². The predicted octanol–water partition coefficient (Wildman–Crippen LogP) is 2.38. The van der Waals surface area contributed by atoms with Crippen molar-refractivity contribution in [2.45, 2.75) is 18.0 Å². The van der Waals surface area contributed by atoms with E-state index in [2.05, 4.69) is 30.7 Å². The first-order valence-corrected chi connectivity index (χ1v) is 10.2. The van der Waals surface area contributed by atoms with Crippen LogP contribution < -0.4 is 10.4 Å². The molecule has 0 unspecified atom stereocenters. The summed E-state index contributed by atoms with van der Waals surface area (Å²) >= 11 is 3.14. The van der Waals surface area contributed by atoms with Crippen molar-refractivity contribution in [1.29, 1.82) is 0 Å². The van der Waals surface area contributed by atoms with Crippen LogP contribution in [0.2, 0.25) is 0 Å². The fourth-order valence-corrected chi connectivity index (χ4v) is 3.82. The summed E-state index contributed by atoms with van der Waals surface area (Å²) in [6.45, 7) is -0.0575. The van der Waals surface area contributed by atoms with Crippen LogP contribution in [0.3, 0.4) is 0 Å². The number of rotatable bonds is 5. The van der Waals surface area contributed by atoms with Gasteiger partial charge in [0.1, 0.15) is 10.6 Å². The molecule has 3 heterocycles. The molecule has 0 N–H and O–H groups in total. The van der Waals surface area contributed by atoms with E-state index < -0.39 is 28.3 Å². The van der Waals surface area contributed by atoms with Gasteiger partial charge >= 0.3 is 11.9 Å². The fourth-order valence-electron chi connectivity index (χ4n) is 2.31. The highest BCUT2D eigenvalue weighted by Crippen LogP contribution is 2.23. The number of aromatic nitrogens is 4. The van der Waals surface area contributed by atoms with Gasteiger partial charge in [-0.25, -0.2) is 22.6 Å². The van der Waals surface area contributed by atoms with E-state index in [1.807, 2.05) is 0 Å². The minimum absolute atomic E-state index is 0.0331. The molecule has 13 heteroatoms. The highest BCUT2D eigenvalue weighted by Gasteiger charge is 2.28. The van der Waals surface area contributed by atoms with E-state index in [9.17, 15) is 26.4 Å². The van der Waals surface area contributed by atoms with E-state index >= 15 is 0 Å². The minimum atomic E-state index is -4.52. The number of hydrogen-bond acceptors (Lipinski definition) is 6. The average Bonchev–Trinajstić information content (AvgIpc) is 2.95. The lowest BCUT2D eigenvalue weighted by Gasteiger charge is -2.08. The second-order valence-corrected chi connectivity index (χ2v) is 8.73. The molecule has 0 saturated heterocycles. The number of ether oxygens (including phenoxy) is 1. The molecule has 0 aliphatic carbocycles. The van der Waals surface area contributed by atoms with Crippen LogP contribution >= 0.6 is 15.9 Å². The van der Waals surface area contributed by atoms with Crippen LogP contribution in [0.1, 0.15) is 6.92 Å². The molecule has 8 nitrogen and oxygen atoms in total. The number of nitrogens with zero attached hydrogens (tertiary/aromatic N) is 4. The Labute approximate surface area is 164 Å². The number of hydrogen-bond donors (Lipinski definition) is 0. The van der Waals surface area contributed by atoms with Crippen LogP contribution in [-0.4, -0.2) is 46.1 Å². The van der Waals surface area contributed by atoms with Gasteiger partial charge < -0.3 is 4.74 Å². The fraction of sp³-hybridized carbons (Fsp3) is 0.267. The second kappa shape index (κ2) is 7.20. The summed E-state index contributed by atoms with van der Waals surface area (Å²) in [6.07, 6.45) is -2.03. The summed E-state index contributed by atoms with van der Waals surface area (Å²) in [5.41, 5.74) is -0.769. The SMILES string of the molecule is CCS(=O)(=O)c1cc(Br)cnc1-n1nc2cc(OCC(F)(F)F)ccn2c1=O. The second-order valence-electron chi connectivity index (χ2n) is 5.57. The van der Waals surface area contributed by atoms with Crippen molar-refractivity contribution in [2.24, 2.45) is 0 Å². The van der Waals surface area contributed by atoms with E-state index in [4.69, 9.17) is 0 Å². The third-order valence-electron chi connectivity index (χ3n) is 3.61. The number of halogens is 4. The lowest BCUT2D eigenvalue weighted by molar-refractivity contribution is -0.153. The lowest BCUT2D eigenvalue weighted by Crippen LogP contribution is -2.23. The highest BCUT2D eigenvalue weighted by molar-refractivity contribution is 9.10. The van der Waals surface area contributed by atoms with Crippen molar-refractivity contribution in [3.05, 3.63) is 45.5 Å². The number of fused-ring (bicyclic) bond motifs is 1. The molecule has 0 aliphatic rings. The van der Waals surface area contributed by atoms with Crippen LogP contribution in [0.15, 0.2) is 44.8 Å². The quantitative estimate of drug-likeness (QED) is 0.556. The van der Waals surface area contributed by atoms with Gasteiger partial charge in [-0.15, -0.1) is 5.10 Å². The largest absolute Gasteiger partial charge is 0.484 e. The van der Waals surface area contributed by atoms with E-state index in [0.717, 1.165) is 15.1 Å². The van der Waals surface area contributed by atoms with Crippen molar-refractivity contribution < 1.29 is 26.3 Å². The molecular weight excluding hydrogens is 469 g/mol. The van der Waals surface area contributed by atoms with E-state index in [0.29, 0.717) is 4.47 Å². The summed E-state index contributed by atoms with van der Waals surface area (Å²) < 4.78 is 68.5. The Morgan fingerprint density at radius 1 is 1.29 bits per heavy atom. The van der Waals surface area contributed by atoms with Crippen LogP contribution in [0.4, 0.5) is 13.2 Å². The molecule has 0 aromatic carbocycles. The van der Waals surface area contributed by atoms with E-state index in [1.165, 1.54) is 31.5 Å². The summed E-state index contributed by atoms with van der Waals surface area (Å²) in [4.78, 5) is 16.4. The molecule has 0 radical (unpaired) electrons. The van der Waals surface area contributed by atoms with Crippen molar-refractivity contribution in [1.82, 2.24) is 19.2 Å². The van der Waals surface area contributed by atoms with Crippen molar-refractivity contribution in [2.75, 3.05) is 12.4 Å². The van der Waals surface area contributed by atoms with E-state index in [1.54, 1.807) is 0 Å². The Kier molecular flexibility index (Phi) is 5.23. The number of sulfone groups is 1. The number of pyridine rings is 2. The zero-order valence-electron chi connectivity index (χ0n) is 14.1. The minimum Gasteiger partial charge on any atom is -0.484 e. The zero-order chi connectivity index (χ0) is 20.7. The van der Waals surface area contributed by atoms with Gasteiger partial charge in [-0.3, -0.25) is 0 Å². The molecule has 3 aromatic rings. The van der Waals surface area contributed by atoms with Crippen LogP contribution in [0.5, 0.6) is 5.75 Å². The highest BCUT2D eigenvalue weighted by atomic mass is 79.9. The zero-order valence-corrected chi connectivity index (χ0v) is 16.5. The van der Waals surface area contributed by atoms with Crippen molar-refractivity contribution in [3.63, 3.8) is 0 Å². The molecule has 0 atom stereocenters. The van der Waals surface area contributed by atoms with Gasteiger partial charge in [0, 0.05) is 22.9 Å². The molecule has 0 aliphatic heterocycles. The molecule has 0 spiro atoms. The summed E-state index contributed by atoms with van der Waals surface area (Å²) in [5, 5.41) is 3.99.